The summed E-state index contributed by atoms with van der Waals surface area (Å²) in [6.45, 7) is 2.58. The minimum absolute atomic E-state index is 0.0327. The van der Waals surface area contributed by atoms with Crippen molar-refractivity contribution in [1.82, 2.24) is 9.47 Å². The molecule has 0 N–H and O–H groups in total. The first-order valence-corrected chi connectivity index (χ1v) is 10.4. The molecule has 1 aromatic heterocycles. The summed E-state index contributed by atoms with van der Waals surface area (Å²) in [5.41, 5.74) is 3.51. The minimum atomic E-state index is -0.367. The second-order valence-electron chi connectivity index (χ2n) is 7.81. The van der Waals surface area contributed by atoms with Crippen LogP contribution in [0.15, 0.2) is 51.7 Å². The molecule has 2 aliphatic rings. The maximum atomic E-state index is 13.0. The molecule has 3 aromatic rings. The highest BCUT2D eigenvalue weighted by atomic mass is 35.5. The molecule has 1 atom stereocenters. The zero-order valence-electron chi connectivity index (χ0n) is 16.0. The number of fused-ring (bicyclic) bond motifs is 2. The van der Waals surface area contributed by atoms with Crippen LogP contribution in [0.2, 0.25) is 5.02 Å². The highest BCUT2D eigenvalue weighted by molar-refractivity contribution is 6.31. The molecule has 150 valence electrons. The van der Waals surface area contributed by atoms with Crippen LogP contribution in [0, 0.1) is 0 Å². The zero-order valence-corrected chi connectivity index (χ0v) is 16.8. The van der Waals surface area contributed by atoms with E-state index < -0.39 is 0 Å². The topological polar surface area (TPSA) is 58.7 Å². The van der Waals surface area contributed by atoms with Crippen LogP contribution < -0.4 is 10.7 Å². The molecule has 29 heavy (non-hydrogen) atoms. The highest BCUT2D eigenvalue weighted by Crippen LogP contribution is 2.29. The van der Waals surface area contributed by atoms with Gasteiger partial charge in [-0.3, -0.25) is 14.3 Å². The van der Waals surface area contributed by atoms with Gasteiger partial charge in [0.25, 0.3) is 0 Å². The molecule has 3 heterocycles. The maximum Gasteiger partial charge on any atom is 0.420 e. The average molecular weight is 412 g/mol. The Balaban J connectivity index is 1.34. The number of likely N-dealkylation sites (tertiary alicyclic amines) is 1. The van der Waals surface area contributed by atoms with Crippen molar-refractivity contribution >= 4 is 34.3 Å². The predicted octanol–water partition coefficient (Wildman–Crippen LogP) is 3.47. The van der Waals surface area contributed by atoms with Crippen LogP contribution in [0.3, 0.4) is 0 Å². The number of amides is 1. The quantitative estimate of drug-likeness (QED) is 0.662. The van der Waals surface area contributed by atoms with Gasteiger partial charge in [-0.2, -0.15) is 0 Å². The third-order valence-electron chi connectivity index (χ3n) is 5.97. The van der Waals surface area contributed by atoms with Crippen LogP contribution in [-0.4, -0.2) is 41.6 Å². The van der Waals surface area contributed by atoms with E-state index in [-0.39, 0.29) is 17.7 Å². The lowest BCUT2D eigenvalue weighted by Gasteiger charge is -2.33. The Morgan fingerprint density at radius 1 is 1.17 bits per heavy atom. The molecule has 1 unspecified atom stereocenters. The van der Waals surface area contributed by atoms with E-state index in [9.17, 15) is 9.59 Å². The lowest BCUT2D eigenvalue weighted by atomic mass is 10.1. The summed E-state index contributed by atoms with van der Waals surface area (Å²) in [4.78, 5) is 29.5. The third kappa shape index (κ3) is 3.36. The molecular formula is C22H22ClN3O3. The lowest BCUT2D eigenvalue weighted by molar-refractivity contribution is -0.120. The fourth-order valence-corrected chi connectivity index (χ4v) is 4.78. The molecule has 6 nitrogen and oxygen atoms in total. The van der Waals surface area contributed by atoms with Crippen LogP contribution in [0.5, 0.6) is 0 Å². The summed E-state index contributed by atoms with van der Waals surface area (Å²) in [7, 11) is 0. The van der Waals surface area contributed by atoms with E-state index in [4.69, 9.17) is 16.0 Å². The first-order valence-electron chi connectivity index (χ1n) is 10.0. The number of piperidine rings is 1. The highest BCUT2D eigenvalue weighted by Gasteiger charge is 2.29. The van der Waals surface area contributed by atoms with E-state index in [1.54, 1.807) is 22.8 Å². The van der Waals surface area contributed by atoms with Crippen LogP contribution in [0.25, 0.3) is 11.1 Å². The van der Waals surface area contributed by atoms with Crippen molar-refractivity contribution in [1.29, 1.82) is 0 Å². The number of carbonyl (C=O) groups is 1. The SMILES string of the molecule is O=C(CN1CCCC(n2c(=O)oc3ccc(Cl)cc32)C1)N1CCc2ccccc21. The number of hydrogen-bond acceptors (Lipinski definition) is 4. The zero-order chi connectivity index (χ0) is 20.0. The predicted molar refractivity (Wildman–Crippen MR) is 113 cm³/mol. The van der Waals surface area contributed by atoms with Crippen molar-refractivity contribution in [2.24, 2.45) is 0 Å². The smallest absolute Gasteiger partial charge is 0.408 e. The van der Waals surface area contributed by atoms with E-state index in [2.05, 4.69) is 11.0 Å². The Morgan fingerprint density at radius 2 is 2.03 bits per heavy atom. The van der Waals surface area contributed by atoms with Gasteiger partial charge in [0.2, 0.25) is 5.91 Å². The second-order valence-corrected chi connectivity index (χ2v) is 8.24. The van der Waals surface area contributed by atoms with E-state index in [1.807, 2.05) is 23.1 Å². The molecule has 0 bridgehead atoms. The summed E-state index contributed by atoms with van der Waals surface area (Å²) >= 11 is 6.13. The number of benzene rings is 2. The summed E-state index contributed by atoms with van der Waals surface area (Å²) in [5, 5.41) is 0.572. The molecule has 0 aliphatic carbocycles. The largest absolute Gasteiger partial charge is 0.420 e. The van der Waals surface area contributed by atoms with E-state index in [0.29, 0.717) is 29.2 Å². The normalized spacial score (nSPS) is 19.6. The van der Waals surface area contributed by atoms with Crippen LogP contribution in [-0.2, 0) is 11.2 Å². The monoisotopic (exact) mass is 411 g/mol. The Hall–Kier alpha value is -2.57. The number of hydrogen-bond donors (Lipinski definition) is 0. The van der Waals surface area contributed by atoms with Crippen LogP contribution in [0.1, 0.15) is 24.4 Å². The van der Waals surface area contributed by atoms with E-state index >= 15 is 0 Å². The standard InChI is InChI=1S/C22H22ClN3O3/c23-16-7-8-20-19(12-16)26(22(28)29-20)17-5-3-10-24(13-17)14-21(27)25-11-9-15-4-1-2-6-18(15)25/h1-2,4,6-8,12,17H,3,5,9-11,13-14H2. The van der Waals surface area contributed by atoms with Gasteiger partial charge in [0, 0.05) is 23.8 Å². The van der Waals surface area contributed by atoms with Gasteiger partial charge in [0.15, 0.2) is 5.58 Å². The van der Waals surface area contributed by atoms with E-state index in [0.717, 1.165) is 38.0 Å². The molecule has 5 rings (SSSR count). The number of anilines is 1. The number of para-hydroxylation sites is 1. The Labute approximate surface area is 173 Å². The lowest BCUT2D eigenvalue weighted by Crippen LogP contribution is -2.45. The van der Waals surface area contributed by atoms with Crippen molar-refractivity contribution in [3.63, 3.8) is 0 Å². The number of aromatic nitrogens is 1. The Bertz CT molecular complexity index is 1140. The van der Waals surface area contributed by atoms with Gasteiger partial charge in [0.05, 0.1) is 18.1 Å². The van der Waals surface area contributed by atoms with Gasteiger partial charge in [-0.15, -0.1) is 0 Å². The van der Waals surface area contributed by atoms with Crippen molar-refractivity contribution in [2.75, 3.05) is 31.1 Å². The number of halogens is 1. The fourth-order valence-electron chi connectivity index (χ4n) is 4.61. The molecule has 7 heteroatoms. The van der Waals surface area contributed by atoms with Crippen molar-refractivity contribution < 1.29 is 9.21 Å². The van der Waals surface area contributed by atoms with Crippen molar-refractivity contribution in [3.05, 3.63) is 63.6 Å². The molecule has 2 aliphatic heterocycles. The molecule has 0 saturated carbocycles. The van der Waals surface area contributed by atoms with Gasteiger partial charge >= 0.3 is 5.76 Å². The van der Waals surface area contributed by atoms with Crippen molar-refractivity contribution in [2.45, 2.75) is 25.3 Å². The van der Waals surface area contributed by atoms with Crippen LogP contribution >= 0.6 is 11.6 Å². The Kier molecular flexibility index (Phi) is 4.68. The minimum Gasteiger partial charge on any atom is -0.408 e. The fraction of sp³-hybridized carbons (Fsp3) is 0.364. The Morgan fingerprint density at radius 3 is 2.93 bits per heavy atom. The molecule has 1 fully saturated rings. The number of carbonyl (C=O) groups excluding carboxylic acids is 1. The number of rotatable bonds is 3. The first kappa shape index (κ1) is 18.5. The molecule has 1 saturated heterocycles. The van der Waals surface area contributed by atoms with Crippen molar-refractivity contribution in [3.8, 4) is 0 Å². The van der Waals surface area contributed by atoms with Gasteiger partial charge < -0.3 is 9.32 Å². The number of oxazole rings is 1. The molecule has 1 amide bonds. The number of nitrogens with zero attached hydrogens (tertiary/aromatic N) is 3. The van der Waals surface area contributed by atoms with Gasteiger partial charge in [-0.1, -0.05) is 29.8 Å². The van der Waals surface area contributed by atoms with Crippen LogP contribution in [0.4, 0.5) is 5.69 Å². The van der Waals surface area contributed by atoms with E-state index in [1.165, 1.54) is 5.56 Å². The molecule has 0 spiro atoms. The molecular weight excluding hydrogens is 390 g/mol. The van der Waals surface area contributed by atoms with Gasteiger partial charge in [-0.25, -0.2) is 4.79 Å². The van der Waals surface area contributed by atoms with Gasteiger partial charge in [0.1, 0.15) is 0 Å². The maximum absolute atomic E-state index is 13.0. The summed E-state index contributed by atoms with van der Waals surface area (Å²) < 4.78 is 7.10. The second kappa shape index (κ2) is 7.35. The third-order valence-corrected chi connectivity index (χ3v) is 6.20. The van der Waals surface area contributed by atoms with Gasteiger partial charge in [-0.05, 0) is 55.6 Å². The summed E-state index contributed by atoms with van der Waals surface area (Å²) in [5.74, 6) is -0.253. The summed E-state index contributed by atoms with van der Waals surface area (Å²) in [6.07, 6.45) is 2.70. The first-order chi connectivity index (χ1) is 14.1. The average Bonchev–Trinajstić information content (AvgIpc) is 3.28. The molecule has 2 aromatic carbocycles. The summed E-state index contributed by atoms with van der Waals surface area (Å²) in [6, 6.07) is 13.3. The molecule has 0 radical (unpaired) electrons.